The van der Waals surface area contributed by atoms with E-state index >= 15 is 0 Å². The van der Waals surface area contributed by atoms with Crippen LogP contribution < -0.4 is 0 Å². The number of carbonyl (C=O) groups excluding carboxylic acids is 1. The van der Waals surface area contributed by atoms with Crippen LogP contribution in [0.3, 0.4) is 0 Å². The van der Waals surface area contributed by atoms with E-state index in [-0.39, 0.29) is 6.42 Å². The van der Waals surface area contributed by atoms with Crippen molar-refractivity contribution in [2.24, 2.45) is 0 Å². The highest BCUT2D eigenvalue weighted by molar-refractivity contribution is 7.80. The average Bonchev–Trinajstić information content (AvgIpc) is 2.22. The van der Waals surface area contributed by atoms with Crippen LogP contribution in [0, 0.1) is 11.3 Å². The zero-order valence-electron chi connectivity index (χ0n) is 7.95. The topological polar surface area (TPSA) is 50.1 Å². The van der Waals surface area contributed by atoms with E-state index in [9.17, 15) is 4.79 Å². The Balaban J connectivity index is 3.12. The van der Waals surface area contributed by atoms with Crippen LogP contribution in [-0.4, -0.2) is 13.1 Å². The lowest BCUT2D eigenvalue weighted by Gasteiger charge is -2.05. The first-order valence-electron chi connectivity index (χ1n) is 4.06. The van der Waals surface area contributed by atoms with Crippen LogP contribution >= 0.6 is 24.2 Å². The molecule has 5 heteroatoms. The fourth-order valence-corrected chi connectivity index (χ4v) is 1.47. The van der Waals surface area contributed by atoms with Crippen molar-refractivity contribution in [2.75, 3.05) is 7.11 Å². The fraction of sp³-hybridized carbons (Fsp3) is 0.200. The summed E-state index contributed by atoms with van der Waals surface area (Å²) in [6.45, 7) is 0. The Morgan fingerprint density at radius 3 is 2.87 bits per heavy atom. The third-order valence-corrected chi connectivity index (χ3v) is 2.67. The van der Waals surface area contributed by atoms with Crippen molar-refractivity contribution in [1.29, 1.82) is 5.26 Å². The highest BCUT2D eigenvalue weighted by atomic mass is 35.5. The molecule has 0 N–H and O–H groups in total. The normalized spacial score (nSPS) is 9.47. The average molecular weight is 242 g/mol. The number of benzene rings is 1. The quantitative estimate of drug-likeness (QED) is 0.638. The summed E-state index contributed by atoms with van der Waals surface area (Å²) in [6, 6.07) is 5.05. The van der Waals surface area contributed by atoms with Crippen LogP contribution in [0.5, 0.6) is 0 Å². The van der Waals surface area contributed by atoms with E-state index in [2.05, 4.69) is 17.4 Å². The SMILES string of the molecule is COC(=O)Cc1cc(S)c(Cl)cc1C#N. The molecule has 0 fully saturated rings. The molecule has 0 aromatic heterocycles. The lowest BCUT2D eigenvalue weighted by Crippen LogP contribution is -2.06. The van der Waals surface area contributed by atoms with Crippen LogP contribution in [0.2, 0.25) is 5.02 Å². The second kappa shape index (κ2) is 5.06. The monoisotopic (exact) mass is 241 g/mol. The summed E-state index contributed by atoms with van der Waals surface area (Å²) in [6.07, 6.45) is 0.0458. The maximum atomic E-state index is 11.1. The van der Waals surface area contributed by atoms with Gasteiger partial charge in [0.1, 0.15) is 0 Å². The number of methoxy groups -OCH3 is 1. The van der Waals surface area contributed by atoms with Gasteiger partial charge in [0.05, 0.1) is 30.2 Å². The maximum Gasteiger partial charge on any atom is 0.310 e. The van der Waals surface area contributed by atoms with Crippen molar-refractivity contribution in [1.82, 2.24) is 0 Å². The van der Waals surface area contributed by atoms with E-state index in [1.165, 1.54) is 13.2 Å². The lowest BCUT2D eigenvalue weighted by atomic mass is 10.1. The minimum Gasteiger partial charge on any atom is -0.469 e. The van der Waals surface area contributed by atoms with Crippen molar-refractivity contribution < 1.29 is 9.53 Å². The molecule has 3 nitrogen and oxygen atoms in total. The van der Waals surface area contributed by atoms with Crippen LogP contribution in [-0.2, 0) is 16.0 Å². The number of thiol groups is 1. The van der Waals surface area contributed by atoms with Crippen LogP contribution in [0.15, 0.2) is 17.0 Å². The Labute approximate surface area is 98.0 Å². The van der Waals surface area contributed by atoms with Crippen LogP contribution in [0.25, 0.3) is 0 Å². The minimum absolute atomic E-state index is 0.0458. The second-order valence-corrected chi connectivity index (χ2v) is 3.71. The van der Waals surface area contributed by atoms with Crippen molar-refractivity contribution in [3.8, 4) is 6.07 Å². The van der Waals surface area contributed by atoms with E-state index in [0.29, 0.717) is 21.0 Å². The second-order valence-electron chi connectivity index (χ2n) is 2.83. The van der Waals surface area contributed by atoms with E-state index < -0.39 is 5.97 Å². The van der Waals surface area contributed by atoms with Crippen LogP contribution in [0.4, 0.5) is 0 Å². The number of hydrogen-bond acceptors (Lipinski definition) is 4. The number of ether oxygens (including phenoxy) is 1. The number of nitrogens with zero attached hydrogens (tertiary/aromatic N) is 1. The van der Waals surface area contributed by atoms with Gasteiger partial charge in [-0.15, -0.1) is 12.6 Å². The van der Waals surface area contributed by atoms with Gasteiger partial charge in [0.2, 0.25) is 0 Å². The summed E-state index contributed by atoms with van der Waals surface area (Å²) < 4.78 is 4.52. The first-order valence-corrected chi connectivity index (χ1v) is 4.89. The number of nitriles is 1. The van der Waals surface area contributed by atoms with Crippen LogP contribution in [0.1, 0.15) is 11.1 Å². The van der Waals surface area contributed by atoms with Crippen molar-refractivity contribution in [2.45, 2.75) is 11.3 Å². The Hall–Kier alpha value is -1.18. The molecule has 1 aromatic rings. The van der Waals surface area contributed by atoms with Gasteiger partial charge >= 0.3 is 5.97 Å². The first kappa shape index (κ1) is 11.9. The van der Waals surface area contributed by atoms with E-state index in [0.717, 1.165) is 0 Å². The number of rotatable bonds is 2. The van der Waals surface area contributed by atoms with E-state index in [1.54, 1.807) is 6.07 Å². The van der Waals surface area contributed by atoms with Gasteiger partial charge in [0, 0.05) is 4.90 Å². The van der Waals surface area contributed by atoms with E-state index in [4.69, 9.17) is 16.9 Å². The molecule has 0 aliphatic carbocycles. The molecule has 78 valence electrons. The van der Waals surface area contributed by atoms with Crippen molar-refractivity contribution >= 4 is 30.2 Å². The Kier molecular flexibility index (Phi) is 4.01. The molecule has 0 saturated carbocycles. The Bertz CT molecular complexity index is 440. The Morgan fingerprint density at radius 2 is 2.33 bits per heavy atom. The summed E-state index contributed by atoms with van der Waals surface area (Å²) in [5.74, 6) is -0.401. The molecule has 0 saturated heterocycles. The molecule has 0 atom stereocenters. The molecular weight excluding hydrogens is 234 g/mol. The molecule has 0 spiro atoms. The van der Waals surface area contributed by atoms with Gasteiger partial charge in [-0.3, -0.25) is 4.79 Å². The van der Waals surface area contributed by atoms with Gasteiger partial charge in [0.25, 0.3) is 0 Å². The van der Waals surface area contributed by atoms with Gasteiger partial charge in [-0.1, -0.05) is 11.6 Å². The van der Waals surface area contributed by atoms with Gasteiger partial charge < -0.3 is 4.74 Å². The summed E-state index contributed by atoms with van der Waals surface area (Å²) in [5.41, 5.74) is 0.932. The third-order valence-electron chi connectivity index (χ3n) is 1.86. The molecule has 15 heavy (non-hydrogen) atoms. The number of esters is 1. The van der Waals surface area contributed by atoms with Crippen molar-refractivity contribution in [3.63, 3.8) is 0 Å². The minimum atomic E-state index is -0.401. The van der Waals surface area contributed by atoms with Gasteiger partial charge in [0.15, 0.2) is 0 Å². The third kappa shape index (κ3) is 2.88. The fourth-order valence-electron chi connectivity index (χ4n) is 1.08. The molecule has 1 aromatic carbocycles. The van der Waals surface area contributed by atoms with Gasteiger partial charge in [-0.25, -0.2) is 0 Å². The highest BCUT2D eigenvalue weighted by Gasteiger charge is 2.10. The zero-order chi connectivity index (χ0) is 11.4. The molecule has 0 radical (unpaired) electrons. The summed E-state index contributed by atoms with van der Waals surface area (Å²) in [4.78, 5) is 11.6. The lowest BCUT2D eigenvalue weighted by molar-refractivity contribution is -0.139. The molecule has 0 unspecified atom stereocenters. The highest BCUT2D eigenvalue weighted by Crippen LogP contribution is 2.24. The molecule has 1 rings (SSSR count). The predicted molar refractivity (Wildman–Crippen MR) is 59.1 cm³/mol. The smallest absolute Gasteiger partial charge is 0.310 e. The summed E-state index contributed by atoms with van der Waals surface area (Å²) in [5, 5.41) is 9.23. The molecular formula is C10H8ClNO2S. The number of hydrogen-bond donors (Lipinski definition) is 1. The standard InChI is InChI=1S/C10H8ClNO2S/c1-14-10(13)4-6-3-9(15)8(11)2-7(6)5-12/h2-3,15H,4H2,1H3. The number of halogens is 1. The molecule has 0 amide bonds. The van der Waals surface area contributed by atoms with Crippen molar-refractivity contribution in [3.05, 3.63) is 28.3 Å². The number of carbonyl (C=O) groups is 1. The van der Waals surface area contributed by atoms with Gasteiger partial charge in [-0.05, 0) is 17.7 Å². The van der Waals surface area contributed by atoms with Gasteiger partial charge in [-0.2, -0.15) is 5.26 Å². The molecule has 0 bridgehead atoms. The van der Waals surface area contributed by atoms with E-state index in [1.807, 2.05) is 6.07 Å². The first-order chi connectivity index (χ1) is 7.08. The summed E-state index contributed by atoms with van der Waals surface area (Å²) in [7, 11) is 1.30. The molecule has 0 heterocycles. The Morgan fingerprint density at radius 1 is 1.67 bits per heavy atom. The summed E-state index contributed by atoms with van der Waals surface area (Å²) >= 11 is 9.90. The largest absolute Gasteiger partial charge is 0.469 e. The zero-order valence-corrected chi connectivity index (χ0v) is 9.60. The molecule has 0 aliphatic rings. The molecule has 0 aliphatic heterocycles. The predicted octanol–water partition coefficient (Wildman–Crippen LogP) is 2.22. The maximum absolute atomic E-state index is 11.1.